The molecule has 0 aliphatic heterocycles. The third-order valence-electron chi connectivity index (χ3n) is 3.06. The Morgan fingerprint density at radius 3 is 2.96 bits per heavy atom. The largest absolute Gasteiger partial charge is 0.450 e. The number of nitrogens with one attached hydrogen (secondary N) is 1. The molecule has 1 amide bonds. The number of carbonyl (C=O) groups is 1. The highest BCUT2D eigenvalue weighted by atomic mass is 32.2. The van der Waals surface area contributed by atoms with E-state index in [1.807, 2.05) is 31.2 Å². The number of rotatable bonds is 6. The lowest BCUT2D eigenvalue weighted by Crippen LogP contribution is -2.24. The molecule has 1 N–H and O–H groups in total. The molecule has 1 aromatic carbocycles. The molecule has 0 saturated carbocycles. The Hall–Kier alpha value is -1.90. The van der Waals surface area contributed by atoms with Gasteiger partial charge < -0.3 is 4.42 Å². The number of hydroxylamine groups is 1. The molecular formula is C15H15N3O3S2. The Kier molecular flexibility index (Phi) is 4.94. The summed E-state index contributed by atoms with van der Waals surface area (Å²) in [6.45, 7) is 4.10. The number of aryl methyl sites for hydroxylation is 1. The van der Waals surface area contributed by atoms with Crippen LogP contribution in [-0.4, -0.2) is 22.7 Å². The van der Waals surface area contributed by atoms with Crippen molar-refractivity contribution in [1.82, 2.24) is 15.7 Å². The molecule has 8 heteroatoms. The van der Waals surface area contributed by atoms with Gasteiger partial charge in [-0.2, -0.15) is 0 Å². The Morgan fingerprint density at radius 2 is 2.22 bits per heavy atom. The lowest BCUT2D eigenvalue weighted by molar-refractivity contribution is 0.0341. The van der Waals surface area contributed by atoms with E-state index < -0.39 is 0 Å². The van der Waals surface area contributed by atoms with Crippen LogP contribution < -0.4 is 5.48 Å². The summed E-state index contributed by atoms with van der Waals surface area (Å²) in [5.41, 5.74) is 3.89. The van der Waals surface area contributed by atoms with Crippen LogP contribution in [0.4, 0.5) is 0 Å². The lowest BCUT2D eigenvalue weighted by Gasteiger charge is -2.03. The van der Waals surface area contributed by atoms with Crippen molar-refractivity contribution in [2.75, 3.05) is 6.61 Å². The molecule has 0 atom stereocenters. The van der Waals surface area contributed by atoms with Gasteiger partial charge in [-0.15, -0.1) is 10.2 Å². The number of thioether (sulfide) groups is 1. The van der Waals surface area contributed by atoms with Gasteiger partial charge in [0.05, 0.1) is 6.61 Å². The van der Waals surface area contributed by atoms with Crippen LogP contribution in [0.25, 0.3) is 11.0 Å². The fourth-order valence-electron chi connectivity index (χ4n) is 2.08. The molecule has 3 rings (SSSR count). The molecule has 3 aromatic rings. The number of carbonyl (C=O) groups excluding carboxylic acids is 1. The zero-order valence-corrected chi connectivity index (χ0v) is 14.3. The van der Waals surface area contributed by atoms with Crippen molar-refractivity contribution in [2.45, 2.75) is 23.9 Å². The molecule has 2 aromatic heterocycles. The Balaban J connectivity index is 1.90. The first-order valence-corrected chi connectivity index (χ1v) is 8.84. The molecule has 6 nitrogen and oxygen atoms in total. The minimum absolute atomic E-state index is 0.272. The highest BCUT2D eigenvalue weighted by Gasteiger charge is 2.21. The number of benzene rings is 1. The van der Waals surface area contributed by atoms with E-state index in [1.54, 1.807) is 6.92 Å². The second kappa shape index (κ2) is 7.12. The summed E-state index contributed by atoms with van der Waals surface area (Å²) in [7, 11) is 0. The normalized spacial score (nSPS) is 11.0. The predicted molar refractivity (Wildman–Crippen MR) is 89.5 cm³/mol. The van der Waals surface area contributed by atoms with E-state index in [4.69, 9.17) is 9.25 Å². The molecule has 23 heavy (non-hydrogen) atoms. The van der Waals surface area contributed by atoms with E-state index in [0.717, 1.165) is 20.3 Å². The summed E-state index contributed by atoms with van der Waals surface area (Å²) in [6.07, 6.45) is 0. The van der Waals surface area contributed by atoms with Gasteiger partial charge in [-0.3, -0.25) is 9.63 Å². The van der Waals surface area contributed by atoms with Crippen molar-refractivity contribution in [3.8, 4) is 0 Å². The molecule has 0 aliphatic carbocycles. The van der Waals surface area contributed by atoms with Gasteiger partial charge in [-0.1, -0.05) is 41.3 Å². The molecular weight excluding hydrogens is 334 g/mol. The highest BCUT2D eigenvalue weighted by Crippen LogP contribution is 2.33. The van der Waals surface area contributed by atoms with Crippen LogP contribution in [0.1, 0.15) is 28.0 Å². The van der Waals surface area contributed by atoms with Crippen LogP contribution in [0.15, 0.2) is 33.0 Å². The Morgan fingerprint density at radius 1 is 1.39 bits per heavy atom. The topological polar surface area (TPSA) is 77.2 Å². The number of nitrogens with zero attached hydrogens (tertiary/aromatic N) is 2. The maximum Gasteiger partial charge on any atom is 0.310 e. The van der Waals surface area contributed by atoms with Crippen molar-refractivity contribution in [3.63, 3.8) is 0 Å². The van der Waals surface area contributed by atoms with E-state index in [0.29, 0.717) is 17.9 Å². The average molecular weight is 349 g/mol. The molecule has 120 valence electrons. The average Bonchev–Trinajstić information content (AvgIpc) is 3.14. The highest BCUT2D eigenvalue weighted by molar-refractivity contribution is 8.00. The maximum atomic E-state index is 12.2. The second-order valence-corrected chi connectivity index (χ2v) is 7.05. The van der Waals surface area contributed by atoms with Crippen LogP contribution in [0.2, 0.25) is 0 Å². The lowest BCUT2D eigenvalue weighted by atomic mass is 10.1. The molecule has 0 saturated heterocycles. The van der Waals surface area contributed by atoms with E-state index in [9.17, 15) is 4.79 Å². The van der Waals surface area contributed by atoms with Gasteiger partial charge in [0, 0.05) is 16.7 Å². The second-order valence-electron chi connectivity index (χ2n) is 4.65. The van der Waals surface area contributed by atoms with E-state index in [1.165, 1.54) is 23.1 Å². The fraction of sp³-hybridized carbons (Fsp3) is 0.267. The van der Waals surface area contributed by atoms with Gasteiger partial charge in [0.2, 0.25) is 0 Å². The van der Waals surface area contributed by atoms with Crippen LogP contribution in [0.3, 0.4) is 0 Å². The number of fused-ring (bicyclic) bond motifs is 1. The SMILES string of the molecule is CCONC(=O)c1oc2ccccc2c1CSc1nnc(C)s1. The Labute approximate surface area is 141 Å². The summed E-state index contributed by atoms with van der Waals surface area (Å²) in [6, 6.07) is 7.58. The van der Waals surface area contributed by atoms with Gasteiger partial charge in [-0.25, -0.2) is 5.48 Å². The molecule has 2 heterocycles. The van der Waals surface area contributed by atoms with Crippen LogP contribution in [0, 0.1) is 6.92 Å². The van der Waals surface area contributed by atoms with E-state index in [-0.39, 0.29) is 11.7 Å². The van der Waals surface area contributed by atoms with Crippen LogP contribution in [-0.2, 0) is 10.6 Å². The van der Waals surface area contributed by atoms with Crippen LogP contribution in [0.5, 0.6) is 0 Å². The Bertz CT molecular complexity index is 828. The fourth-order valence-corrected chi connectivity index (χ4v) is 3.92. The number of hydrogen-bond acceptors (Lipinski definition) is 7. The number of amides is 1. The molecule has 0 aliphatic rings. The van der Waals surface area contributed by atoms with Gasteiger partial charge in [-0.05, 0) is 19.9 Å². The summed E-state index contributed by atoms with van der Waals surface area (Å²) < 4.78 is 6.58. The zero-order valence-electron chi connectivity index (χ0n) is 12.7. The minimum atomic E-state index is -0.382. The van der Waals surface area contributed by atoms with Crippen molar-refractivity contribution >= 4 is 40.0 Å². The molecule has 0 fully saturated rings. The van der Waals surface area contributed by atoms with Gasteiger partial charge >= 0.3 is 5.91 Å². The molecule has 0 unspecified atom stereocenters. The third kappa shape index (κ3) is 3.54. The maximum absolute atomic E-state index is 12.2. The first kappa shape index (κ1) is 16.0. The molecule has 0 radical (unpaired) electrons. The summed E-state index contributed by atoms with van der Waals surface area (Å²) in [5, 5.41) is 9.93. The van der Waals surface area contributed by atoms with Gasteiger partial charge in [0.1, 0.15) is 10.6 Å². The molecule has 0 bridgehead atoms. The zero-order chi connectivity index (χ0) is 16.2. The summed E-state index contributed by atoms with van der Waals surface area (Å²) in [4.78, 5) is 17.2. The number of hydrogen-bond donors (Lipinski definition) is 1. The molecule has 0 spiro atoms. The van der Waals surface area contributed by atoms with Crippen molar-refractivity contribution in [1.29, 1.82) is 0 Å². The van der Waals surface area contributed by atoms with Gasteiger partial charge in [0.15, 0.2) is 10.1 Å². The number of aromatic nitrogens is 2. The minimum Gasteiger partial charge on any atom is -0.450 e. The van der Waals surface area contributed by atoms with Crippen LogP contribution >= 0.6 is 23.1 Å². The standard InChI is InChI=1S/C15H15N3O3S2/c1-3-20-18-14(19)13-11(8-22-15-17-16-9(2)23-15)10-6-4-5-7-12(10)21-13/h4-7H,3,8H2,1-2H3,(H,18,19). The monoisotopic (exact) mass is 349 g/mol. The first-order chi connectivity index (χ1) is 11.2. The predicted octanol–water partition coefficient (Wildman–Crippen LogP) is 3.57. The third-order valence-corrected chi connectivity index (χ3v) is 5.06. The van der Waals surface area contributed by atoms with E-state index >= 15 is 0 Å². The smallest absolute Gasteiger partial charge is 0.310 e. The summed E-state index contributed by atoms with van der Waals surface area (Å²) in [5.74, 6) is 0.459. The van der Waals surface area contributed by atoms with Crippen molar-refractivity contribution in [3.05, 3.63) is 40.6 Å². The quantitative estimate of drug-likeness (QED) is 0.541. The first-order valence-electron chi connectivity index (χ1n) is 7.04. The number of furan rings is 1. The van der Waals surface area contributed by atoms with E-state index in [2.05, 4.69) is 15.7 Å². The van der Waals surface area contributed by atoms with Crippen molar-refractivity contribution in [2.24, 2.45) is 0 Å². The van der Waals surface area contributed by atoms with Gasteiger partial charge in [0.25, 0.3) is 0 Å². The number of para-hydroxylation sites is 1. The summed E-state index contributed by atoms with van der Waals surface area (Å²) >= 11 is 3.06. The van der Waals surface area contributed by atoms with Crippen molar-refractivity contribution < 1.29 is 14.0 Å².